The van der Waals surface area contributed by atoms with Crippen molar-refractivity contribution < 1.29 is 9.63 Å². The van der Waals surface area contributed by atoms with Gasteiger partial charge in [0.05, 0.1) is 11.7 Å². The number of rotatable bonds is 1. The van der Waals surface area contributed by atoms with Gasteiger partial charge in [-0.15, -0.1) is 0 Å². The zero-order chi connectivity index (χ0) is 15.0. The lowest BCUT2D eigenvalue weighted by Crippen LogP contribution is -2.44. The van der Waals surface area contributed by atoms with Gasteiger partial charge in [-0.3, -0.25) is 4.98 Å². The number of pyridine rings is 1. The third kappa shape index (κ3) is 2.65. The summed E-state index contributed by atoms with van der Waals surface area (Å²) in [5.74, 6) is 0. The number of para-hydroxylation sites is 1. The Kier molecular flexibility index (Phi) is 3.01. The van der Waals surface area contributed by atoms with Gasteiger partial charge in [-0.2, -0.15) is 4.73 Å². The van der Waals surface area contributed by atoms with E-state index in [9.17, 15) is 4.79 Å². The van der Waals surface area contributed by atoms with Crippen LogP contribution >= 0.6 is 0 Å². The molecule has 0 spiro atoms. The molecule has 108 valence electrons. The summed E-state index contributed by atoms with van der Waals surface area (Å²) < 4.78 is 1.38. The third-order valence-corrected chi connectivity index (χ3v) is 2.91. The average molecular weight is 284 g/mol. The molecule has 0 unspecified atom stereocenters. The number of amides is 1. The van der Waals surface area contributed by atoms with Gasteiger partial charge < -0.3 is 10.2 Å². The summed E-state index contributed by atoms with van der Waals surface area (Å²) in [5.41, 5.74) is 1.87. The van der Waals surface area contributed by atoms with E-state index in [1.165, 1.54) is 11.1 Å². The fourth-order valence-electron chi connectivity index (χ4n) is 2.10. The fraction of sp³-hybridized carbons (Fsp3) is 0.267. The Morgan fingerprint density at radius 3 is 2.71 bits per heavy atom. The Hall–Kier alpha value is -2.63. The number of benzene rings is 1. The molecule has 0 saturated heterocycles. The average Bonchev–Trinajstić information content (AvgIpc) is 2.80. The maximum absolute atomic E-state index is 11.9. The lowest BCUT2D eigenvalue weighted by molar-refractivity contribution is 0.130. The van der Waals surface area contributed by atoms with Gasteiger partial charge in [-0.05, 0) is 26.8 Å². The molecule has 2 heterocycles. The predicted octanol–water partition coefficient (Wildman–Crippen LogP) is 2.52. The summed E-state index contributed by atoms with van der Waals surface area (Å²) in [4.78, 5) is 25.8. The van der Waals surface area contributed by atoms with Gasteiger partial charge in [-0.1, -0.05) is 18.2 Å². The number of nitrogens with one attached hydrogen (secondary N) is 1. The molecule has 21 heavy (non-hydrogen) atoms. The molecule has 0 bridgehead atoms. The highest BCUT2D eigenvalue weighted by atomic mass is 16.7. The van der Waals surface area contributed by atoms with E-state index in [2.05, 4.69) is 15.3 Å². The van der Waals surface area contributed by atoms with Gasteiger partial charge in [0.25, 0.3) is 0 Å². The highest BCUT2D eigenvalue weighted by molar-refractivity contribution is 6.01. The van der Waals surface area contributed by atoms with Crippen LogP contribution in [0.5, 0.6) is 0 Å². The SMILES string of the molecule is CC(C)(C)NC(=O)On1cnc2cnc3ccccc3c21. The first kappa shape index (κ1) is 13.4. The molecule has 6 heteroatoms. The first-order chi connectivity index (χ1) is 9.94. The molecule has 0 atom stereocenters. The number of hydrogen-bond acceptors (Lipinski definition) is 4. The van der Waals surface area contributed by atoms with E-state index in [-0.39, 0.29) is 5.54 Å². The van der Waals surface area contributed by atoms with Gasteiger partial charge in [0.2, 0.25) is 0 Å². The second kappa shape index (κ2) is 4.73. The molecule has 0 aliphatic carbocycles. The van der Waals surface area contributed by atoms with Crippen molar-refractivity contribution in [3.8, 4) is 0 Å². The molecular formula is C15H16N4O2. The Labute approximate surface area is 121 Å². The van der Waals surface area contributed by atoms with Crippen LogP contribution in [0.15, 0.2) is 36.8 Å². The summed E-state index contributed by atoms with van der Waals surface area (Å²) in [7, 11) is 0. The molecule has 0 aliphatic rings. The highest BCUT2D eigenvalue weighted by Crippen LogP contribution is 2.21. The molecule has 0 fully saturated rings. The minimum absolute atomic E-state index is 0.364. The van der Waals surface area contributed by atoms with Crippen LogP contribution in [0.3, 0.4) is 0 Å². The van der Waals surface area contributed by atoms with Crippen LogP contribution < -0.4 is 10.2 Å². The van der Waals surface area contributed by atoms with Gasteiger partial charge >= 0.3 is 6.09 Å². The number of imidazole rings is 1. The molecule has 0 aliphatic heterocycles. The highest BCUT2D eigenvalue weighted by Gasteiger charge is 2.17. The molecule has 6 nitrogen and oxygen atoms in total. The molecule has 1 amide bonds. The van der Waals surface area contributed by atoms with Gasteiger partial charge in [-0.25, -0.2) is 9.78 Å². The fourth-order valence-corrected chi connectivity index (χ4v) is 2.10. The lowest BCUT2D eigenvalue weighted by Gasteiger charge is -2.19. The topological polar surface area (TPSA) is 69.0 Å². The number of aromatic nitrogens is 3. The van der Waals surface area contributed by atoms with Gasteiger partial charge in [0, 0.05) is 10.9 Å². The predicted molar refractivity (Wildman–Crippen MR) is 79.9 cm³/mol. The van der Waals surface area contributed by atoms with E-state index in [0.29, 0.717) is 5.52 Å². The quantitative estimate of drug-likeness (QED) is 0.745. The van der Waals surface area contributed by atoms with E-state index in [4.69, 9.17) is 4.84 Å². The maximum Gasteiger partial charge on any atom is 0.432 e. The van der Waals surface area contributed by atoms with Gasteiger partial charge in [0.15, 0.2) is 0 Å². The van der Waals surface area contributed by atoms with Crippen LogP contribution in [-0.2, 0) is 0 Å². The largest absolute Gasteiger partial charge is 0.432 e. The first-order valence-corrected chi connectivity index (χ1v) is 6.65. The van der Waals surface area contributed by atoms with Crippen molar-refractivity contribution in [1.29, 1.82) is 0 Å². The number of carbonyl (C=O) groups is 1. The van der Waals surface area contributed by atoms with Crippen LogP contribution in [0, 0.1) is 0 Å². The minimum Gasteiger partial charge on any atom is -0.315 e. The van der Waals surface area contributed by atoms with Crippen LogP contribution in [-0.4, -0.2) is 26.3 Å². The Balaban J connectivity index is 2.03. The minimum atomic E-state index is -0.525. The molecular weight excluding hydrogens is 268 g/mol. The second-order valence-electron chi connectivity index (χ2n) is 5.83. The summed E-state index contributed by atoms with van der Waals surface area (Å²) in [5, 5.41) is 3.63. The van der Waals surface area contributed by atoms with Crippen LogP contribution in [0.4, 0.5) is 4.79 Å². The molecule has 1 aromatic carbocycles. The zero-order valence-corrected chi connectivity index (χ0v) is 12.1. The molecule has 3 rings (SSSR count). The van der Waals surface area contributed by atoms with Crippen molar-refractivity contribution in [1.82, 2.24) is 20.0 Å². The van der Waals surface area contributed by atoms with Gasteiger partial charge in [0.1, 0.15) is 17.4 Å². The van der Waals surface area contributed by atoms with Crippen LogP contribution in [0.1, 0.15) is 20.8 Å². The molecule has 1 N–H and O–H groups in total. The van der Waals surface area contributed by atoms with Crippen LogP contribution in [0.2, 0.25) is 0 Å². The number of nitrogens with zero attached hydrogens (tertiary/aromatic N) is 3. The molecule has 3 aromatic rings. The summed E-state index contributed by atoms with van der Waals surface area (Å²) >= 11 is 0. The second-order valence-corrected chi connectivity index (χ2v) is 5.83. The van der Waals surface area contributed by atoms with E-state index in [0.717, 1.165) is 16.4 Å². The standard InChI is InChI=1S/C15H16N4O2/c1-15(2,3)18-14(20)21-19-9-17-12-8-16-11-7-5-4-6-10(11)13(12)19/h4-9H,1-3H3,(H,18,20). The Morgan fingerprint density at radius 1 is 1.19 bits per heavy atom. The molecule has 0 radical (unpaired) electrons. The van der Waals surface area contributed by atoms with Crippen molar-refractivity contribution in [2.45, 2.75) is 26.3 Å². The third-order valence-electron chi connectivity index (χ3n) is 2.91. The molecule has 2 aromatic heterocycles. The number of hydrogen-bond donors (Lipinski definition) is 1. The van der Waals surface area contributed by atoms with Crippen molar-refractivity contribution in [2.75, 3.05) is 0 Å². The summed E-state index contributed by atoms with van der Waals surface area (Å²) in [6.07, 6.45) is 2.61. The van der Waals surface area contributed by atoms with E-state index in [1.807, 2.05) is 45.0 Å². The van der Waals surface area contributed by atoms with E-state index in [1.54, 1.807) is 6.20 Å². The number of carbonyl (C=O) groups excluding carboxylic acids is 1. The van der Waals surface area contributed by atoms with E-state index < -0.39 is 6.09 Å². The smallest absolute Gasteiger partial charge is 0.315 e. The Morgan fingerprint density at radius 2 is 1.95 bits per heavy atom. The maximum atomic E-state index is 11.9. The van der Waals surface area contributed by atoms with Crippen molar-refractivity contribution in [3.63, 3.8) is 0 Å². The lowest BCUT2D eigenvalue weighted by atomic mass is 10.1. The summed E-state index contributed by atoms with van der Waals surface area (Å²) in [6, 6.07) is 7.65. The first-order valence-electron chi connectivity index (χ1n) is 6.65. The monoisotopic (exact) mass is 284 g/mol. The normalized spacial score (nSPS) is 11.8. The zero-order valence-electron chi connectivity index (χ0n) is 12.1. The molecule has 0 saturated carbocycles. The Bertz CT molecular complexity index is 817. The summed E-state index contributed by atoms with van der Waals surface area (Å²) in [6.45, 7) is 5.67. The van der Waals surface area contributed by atoms with Crippen molar-refractivity contribution in [3.05, 3.63) is 36.8 Å². The number of fused-ring (bicyclic) bond motifs is 3. The van der Waals surface area contributed by atoms with E-state index >= 15 is 0 Å². The van der Waals surface area contributed by atoms with Crippen molar-refractivity contribution in [2.24, 2.45) is 0 Å². The van der Waals surface area contributed by atoms with Crippen molar-refractivity contribution >= 4 is 28.0 Å². The van der Waals surface area contributed by atoms with Crippen LogP contribution in [0.25, 0.3) is 21.9 Å².